The van der Waals surface area contributed by atoms with Gasteiger partial charge in [0.05, 0.1) is 6.54 Å². The second-order valence-electron chi connectivity index (χ2n) is 5.17. The Bertz CT molecular complexity index is 476. The zero-order valence-electron chi connectivity index (χ0n) is 12.0. The first-order chi connectivity index (χ1) is 9.66. The molecule has 20 heavy (non-hydrogen) atoms. The number of nitrogens with two attached hydrogens (primary N) is 1. The van der Waals surface area contributed by atoms with Gasteiger partial charge in [0.2, 0.25) is 0 Å². The third-order valence-corrected chi connectivity index (χ3v) is 4.54. The third-order valence-electron chi connectivity index (χ3n) is 3.61. The van der Waals surface area contributed by atoms with Crippen LogP contribution in [0.2, 0.25) is 0 Å². The van der Waals surface area contributed by atoms with Crippen molar-refractivity contribution in [1.29, 1.82) is 0 Å². The molecule has 2 N–H and O–H groups in total. The molecular formula is C15H23N3OS. The molecule has 4 nitrogen and oxygen atoms in total. The fourth-order valence-corrected chi connectivity index (χ4v) is 2.88. The maximum Gasteiger partial charge on any atom is 0.191 e. The summed E-state index contributed by atoms with van der Waals surface area (Å²) in [4.78, 5) is 7.51. The maximum atomic E-state index is 11.3. The molecule has 1 aromatic rings. The highest BCUT2D eigenvalue weighted by molar-refractivity contribution is 7.84. The van der Waals surface area contributed by atoms with Crippen molar-refractivity contribution in [2.75, 3.05) is 19.3 Å². The van der Waals surface area contributed by atoms with Crippen LogP contribution in [0.5, 0.6) is 0 Å². The van der Waals surface area contributed by atoms with Gasteiger partial charge >= 0.3 is 0 Å². The lowest BCUT2D eigenvalue weighted by Crippen LogP contribution is -2.38. The molecule has 1 aliphatic heterocycles. The molecule has 0 bridgehead atoms. The van der Waals surface area contributed by atoms with Crippen molar-refractivity contribution < 1.29 is 4.21 Å². The summed E-state index contributed by atoms with van der Waals surface area (Å²) in [5, 5.41) is 0. The summed E-state index contributed by atoms with van der Waals surface area (Å²) < 4.78 is 11.3. The van der Waals surface area contributed by atoms with E-state index < -0.39 is 10.8 Å². The Morgan fingerprint density at radius 1 is 1.20 bits per heavy atom. The van der Waals surface area contributed by atoms with Crippen molar-refractivity contribution in [3.8, 4) is 0 Å². The van der Waals surface area contributed by atoms with Gasteiger partial charge in [0, 0.05) is 35.0 Å². The molecule has 1 atom stereocenters. The quantitative estimate of drug-likeness (QED) is 0.686. The summed E-state index contributed by atoms with van der Waals surface area (Å²) in [5.41, 5.74) is 7.17. The Kier molecular flexibility index (Phi) is 5.59. The Morgan fingerprint density at radius 3 is 2.35 bits per heavy atom. The highest BCUT2D eigenvalue weighted by Gasteiger charge is 2.10. The van der Waals surface area contributed by atoms with Gasteiger partial charge in [-0.2, -0.15) is 0 Å². The SMILES string of the molecule is CS(=O)c1ccc(CN=C(N)N2CCCCCC2)cc1. The number of hydrogen-bond donors (Lipinski definition) is 1. The fourth-order valence-electron chi connectivity index (χ4n) is 2.36. The minimum Gasteiger partial charge on any atom is -0.370 e. The zero-order chi connectivity index (χ0) is 14.4. The van der Waals surface area contributed by atoms with E-state index in [-0.39, 0.29) is 0 Å². The first-order valence-corrected chi connectivity index (χ1v) is 8.70. The van der Waals surface area contributed by atoms with Crippen molar-refractivity contribution in [1.82, 2.24) is 4.90 Å². The number of nitrogens with zero attached hydrogens (tertiary/aromatic N) is 2. The second-order valence-corrected chi connectivity index (χ2v) is 6.55. The van der Waals surface area contributed by atoms with Crippen molar-refractivity contribution in [3.05, 3.63) is 29.8 Å². The van der Waals surface area contributed by atoms with Gasteiger partial charge in [-0.1, -0.05) is 25.0 Å². The van der Waals surface area contributed by atoms with Crippen LogP contribution in [0.25, 0.3) is 0 Å². The van der Waals surface area contributed by atoms with Crippen LogP contribution >= 0.6 is 0 Å². The topological polar surface area (TPSA) is 58.7 Å². The molecule has 0 amide bonds. The Labute approximate surface area is 123 Å². The molecule has 2 rings (SSSR count). The molecule has 0 spiro atoms. The summed E-state index contributed by atoms with van der Waals surface area (Å²) in [6, 6.07) is 7.72. The van der Waals surface area contributed by atoms with Gasteiger partial charge in [0.1, 0.15) is 0 Å². The predicted octanol–water partition coefficient (Wildman–Crippen LogP) is 2.11. The standard InChI is InChI=1S/C15H23N3OS/c1-20(19)14-8-6-13(7-9-14)12-17-15(16)18-10-4-2-3-5-11-18/h6-9H,2-5,10-12H2,1H3,(H2,16,17). The van der Waals surface area contributed by atoms with Crippen LogP contribution < -0.4 is 5.73 Å². The van der Waals surface area contributed by atoms with E-state index in [0.717, 1.165) is 23.5 Å². The van der Waals surface area contributed by atoms with Gasteiger partial charge in [-0.05, 0) is 30.5 Å². The number of guanidine groups is 1. The molecule has 1 unspecified atom stereocenters. The zero-order valence-corrected chi connectivity index (χ0v) is 12.9. The van der Waals surface area contributed by atoms with Crippen LogP contribution in [0.1, 0.15) is 31.2 Å². The number of rotatable bonds is 3. The maximum absolute atomic E-state index is 11.3. The first kappa shape index (κ1) is 15.0. The Hall–Kier alpha value is -1.36. The van der Waals surface area contributed by atoms with Crippen LogP contribution in [0.4, 0.5) is 0 Å². The summed E-state index contributed by atoms with van der Waals surface area (Å²) in [6.07, 6.45) is 6.67. The van der Waals surface area contributed by atoms with Gasteiger partial charge in [-0.3, -0.25) is 4.21 Å². The largest absolute Gasteiger partial charge is 0.370 e. The van der Waals surface area contributed by atoms with E-state index in [0.29, 0.717) is 12.5 Å². The summed E-state index contributed by atoms with van der Waals surface area (Å²) in [7, 11) is -0.924. The third kappa shape index (κ3) is 4.34. The van der Waals surface area contributed by atoms with Crippen LogP contribution in [-0.4, -0.2) is 34.4 Å². The molecule has 5 heteroatoms. The van der Waals surface area contributed by atoms with Gasteiger partial charge in [0.15, 0.2) is 5.96 Å². The average molecular weight is 293 g/mol. The Morgan fingerprint density at radius 2 is 1.80 bits per heavy atom. The molecule has 0 saturated carbocycles. The fraction of sp³-hybridized carbons (Fsp3) is 0.533. The molecular weight excluding hydrogens is 270 g/mol. The monoisotopic (exact) mass is 293 g/mol. The van der Waals surface area contributed by atoms with Gasteiger partial charge in [-0.15, -0.1) is 0 Å². The van der Waals surface area contributed by atoms with E-state index in [1.165, 1.54) is 25.7 Å². The molecule has 1 fully saturated rings. The van der Waals surface area contributed by atoms with E-state index in [9.17, 15) is 4.21 Å². The van der Waals surface area contributed by atoms with Crippen molar-refractivity contribution in [3.63, 3.8) is 0 Å². The molecule has 1 aliphatic rings. The van der Waals surface area contributed by atoms with E-state index >= 15 is 0 Å². The number of hydrogen-bond acceptors (Lipinski definition) is 2. The van der Waals surface area contributed by atoms with Crippen LogP contribution in [0.3, 0.4) is 0 Å². The lowest BCUT2D eigenvalue weighted by molar-refractivity contribution is 0.428. The normalized spacial score (nSPS) is 18.6. The molecule has 1 aromatic carbocycles. The van der Waals surface area contributed by atoms with Crippen molar-refractivity contribution in [2.24, 2.45) is 10.7 Å². The summed E-state index contributed by atoms with van der Waals surface area (Å²) in [6.45, 7) is 2.62. The van der Waals surface area contributed by atoms with Gasteiger partial charge in [-0.25, -0.2) is 4.99 Å². The van der Waals surface area contributed by atoms with Gasteiger partial charge in [0.25, 0.3) is 0 Å². The lowest BCUT2D eigenvalue weighted by Gasteiger charge is -2.21. The van der Waals surface area contributed by atoms with Crippen molar-refractivity contribution >= 4 is 16.8 Å². The molecule has 1 heterocycles. The van der Waals surface area contributed by atoms with E-state index in [1.54, 1.807) is 6.26 Å². The lowest BCUT2D eigenvalue weighted by atomic mass is 10.2. The van der Waals surface area contributed by atoms with E-state index in [1.807, 2.05) is 24.3 Å². The number of aliphatic imine (C=N–C) groups is 1. The highest BCUT2D eigenvalue weighted by atomic mass is 32.2. The number of likely N-dealkylation sites (tertiary alicyclic amines) is 1. The van der Waals surface area contributed by atoms with Crippen LogP contribution in [0.15, 0.2) is 34.2 Å². The molecule has 0 radical (unpaired) electrons. The predicted molar refractivity (Wildman–Crippen MR) is 84.1 cm³/mol. The molecule has 1 saturated heterocycles. The first-order valence-electron chi connectivity index (χ1n) is 7.14. The van der Waals surface area contributed by atoms with Crippen LogP contribution in [-0.2, 0) is 17.3 Å². The molecule has 0 aliphatic carbocycles. The smallest absolute Gasteiger partial charge is 0.191 e. The minimum absolute atomic E-state index is 0.582. The van der Waals surface area contributed by atoms with E-state index in [4.69, 9.17) is 5.73 Å². The Balaban J connectivity index is 1.95. The van der Waals surface area contributed by atoms with Crippen LogP contribution in [0, 0.1) is 0 Å². The van der Waals surface area contributed by atoms with E-state index in [2.05, 4.69) is 9.89 Å². The second kappa shape index (κ2) is 7.43. The molecule has 110 valence electrons. The minimum atomic E-state index is -0.924. The number of benzene rings is 1. The highest BCUT2D eigenvalue weighted by Crippen LogP contribution is 2.11. The average Bonchev–Trinajstić information content (AvgIpc) is 2.74. The summed E-state index contributed by atoms with van der Waals surface area (Å²) >= 11 is 0. The van der Waals surface area contributed by atoms with Gasteiger partial charge < -0.3 is 10.6 Å². The molecule has 0 aromatic heterocycles. The van der Waals surface area contributed by atoms with Crippen molar-refractivity contribution in [2.45, 2.75) is 37.1 Å². The summed E-state index contributed by atoms with van der Waals surface area (Å²) in [5.74, 6) is 0.648.